The first-order valence-electron chi connectivity index (χ1n) is 11.5. The number of nitrogens with zero attached hydrogens (tertiary/aromatic N) is 3. The molecule has 192 valence electrons. The zero-order valence-corrected chi connectivity index (χ0v) is 21.8. The molecule has 0 heterocycles. The second-order valence-corrected chi connectivity index (χ2v) is 10.9. The zero-order chi connectivity index (χ0) is 26.2. The first kappa shape index (κ1) is 28.3. The van der Waals surface area contributed by atoms with Crippen LogP contribution < -0.4 is 9.62 Å². The normalized spacial score (nSPS) is 12.5. The molecular formula is C25H35FN4O4S. The Morgan fingerprint density at radius 1 is 1.00 bits per heavy atom. The van der Waals surface area contributed by atoms with Gasteiger partial charge < -0.3 is 10.2 Å². The highest BCUT2D eigenvalue weighted by Gasteiger charge is 2.33. The van der Waals surface area contributed by atoms with Gasteiger partial charge in [0.15, 0.2) is 0 Å². The SMILES string of the molecule is CC[C@H](C(=O)NCC(C)C)N(Cc1ccccc1)C(=O)CN(c1ccc(F)cc1)S(=O)(=O)N(C)C. The van der Waals surface area contributed by atoms with Crippen LogP contribution >= 0.6 is 0 Å². The number of anilines is 1. The molecular weight excluding hydrogens is 471 g/mol. The van der Waals surface area contributed by atoms with Crippen molar-refractivity contribution in [3.63, 3.8) is 0 Å². The summed E-state index contributed by atoms with van der Waals surface area (Å²) in [6.45, 7) is 5.79. The van der Waals surface area contributed by atoms with Crippen molar-refractivity contribution >= 4 is 27.7 Å². The van der Waals surface area contributed by atoms with E-state index in [1.165, 1.54) is 31.1 Å². The summed E-state index contributed by atoms with van der Waals surface area (Å²) in [7, 11) is -1.38. The maximum absolute atomic E-state index is 13.7. The first-order valence-corrected chi connectivity index (χ1v) is 12.9. The van der Waals surface area contributed by atoms with Crippen molar-refractivity contribution in [3.05, 3.63) is 66.0 Å². The van der Waals surface area contributed by atoms with E-state index in [1.54, 1.807) is 6.92 Å². The smallest absolute Gasteiger partial charge is 0.304 e. The molecule has 0 spiro atoms. The number of hydrogen-bond acceptors (Lipinski definition) is 4. The zero-order valence-electron chi connectivity index (χ0n) is 20.9. The van der Waals surface area contributed by atoms with Crippen LogP contribution in [0.5, 0.6) is 0 Å². The Morgan fingerprint density at radius 3 is 2.11 bits per heavy atom. The van der Waals surface area contributed by atoms with Crippen molar-refractivity contribution in [1.82, 2.24) is 14.5 Å². The molecule has 8 nitrogen and oxygen atoms in total. The van der Waals surface area contributed by atoms with Crippen LogP contribution in [0.25, 0.3) is 0 Å². The molecule has 0 aliphatic heterocycles. The third-order valence-electron chi connectivity index (χ3n) is 5.40. The van der Waals surface area contributed by atoms with Crippen LogP contribution in [0.3, 0.4) is 0 Å². The molecule has 0 aromatic heterocycles. The summed E-state index contributed by atoms with van der Waals surface area (Å²) in [5.74, 6) is -1.14. The summed E-state index contributed by atoms with van der Waals surface area (Å²) in [6, 6.07) is 13.3. The van der Waals surface area contributed by atoms with E-state index in [1.807, 2.05) is 44.2 Å². The van der Waals surface area contributed by atoms with E-state index >= 15 is 0 Å². The monoisotopic (exact) mass is 506 g/mol. The molecule has 0 unspecified atom stereocenters. The summed E-state index contributed by atoms with van der Waals surface area (Å²) < 4.78 is 41.6. The maximum atomic E-state index is 13.7. The summed E-state index contributed by atoms with van der Waals surface area (Å²) in [5, 5.41) is 2.88. The summed E-state index contributed by atoms with van der Waals surface area (Å²) in [4.78, 5) is 28.1. The molecule has 2 amide bonds. The largest absolute Gasteiger partial charge is 0.354 e. The average molecular weight is 507 g/mol. The molecule has 10 heteroatoms. The third-order valence-corrected chi connectivity index (χ3v) is 7.22. The van der Waals surface area contributed by atoms with Gasteiger partial charge in [0.05, 0.1) is 5.69 Å². The van der Waals surface area contributed by atoms with Crippen molar-refractivity contribution in [2.75, 3.05) is 31.5 Å². The molecule has 35 heavy (non-hydrogen) atoms. The van der Waals surface area contributed by atoms with Crippen LogP contribution in [0.1, 0.15) is 32.8 Å². The van der Waals surface area contributed by atoms with Crippen molar-refractivity contribution in [2.24, 2.45) is 5.92 Å². The predicted octanol–water partition coefficient (Wildman–Crippen LogP) is 3.02. The van der Waals surface area contributed by atoms with Gasteiger partial charge >= 0.3 is 10.2 Å². The standard InChI is InChI=1S/C25H35FN4O4S/c1-6-23(25(32)27-16-19(2)3)29(17-20-10-8-7-9-11-20)24(31)18-30(35(33,34)28(4)5)22-14-12-21(26)13-15-22/h7-15,19,23H,6,16-18H2,1-5H3,(H,27,32)/t23-/m1/s1. The van der Waals surface area contributed by atoms with Gasteiger partial charge in [-0.05, 0) is 42.2 Å². The van der Waals surface area contributed by atoms with Crippen molar-refractivity contribution in [2.45, 2.75) is 39.8 Å². The second kappa shape index (κ2) is 12.6. The fourth-order valence-corrected chi connectivity index (χ4v) is 4.50. The molecule has 0 bridgehead atoms. The van der Waals surface area contributed by atoms with Crippen LogP contribution in [0.2, 0.25) is 0 Å². The lowest BCUT2D eigenvalue weighted by Gasteiger charge is -2.34. The fourth-order valence-electron chi connectivity index (χ4n) is 3.45. The van der Waals surface area contributed by atoms with Gasteiger partial charge in [-0.25, -0.2) is 8.70 Å². The lowest BCUT2D eigenvalue weighted by molar-refractivity contribution is -0.140. The minimum atomic E-state index is -4.08. The highest BCUT2D eigenvalue weighted by Crippen LogP contribution is 2.21. The summed E-state index contributed by atoms with van der Waals surface area (Å²) >= 11 is 0. The van der Waals surface area contributed by atoms with Gasteiger partial charge in [-0.2, -0.15) is 12.7 Å². The number of hydrogen-bond donors (Lipinski definition) is 1. The summed E-state index contributed by atoms with van der Waals surface area (Å²) in [5.41, 5.74) is 0.949. The molecule has 0 fully saturated rings. The van der Waals surface area contributed by atoms with E-state index in [9.17, 15) is 22.4 Å². The Hall–Kier alpha value is -2.98. The van der Waals surface area contributed by atoms with Crippen LogP contribution in [0.15, 0.2) is 54.6 Å². The van der Waals surface area contributed by atoms with E-state index in [0.29, 0.717) is 13.0 Å². The highest BCUT2D eigenvalue weighted by molar-refractivity contribution is 7.90. The Morgan fingerprint density at radius 2 is 1.60 bits per heavy atom. The number of rotatable bonds is 12. The molecule has 2 aromatic rings. The van der Waals surface area contributed by atoms with Gasteiger partial charge in [0.25, 0.3) is 0 Å². The van der Waals surface area contributed by atoms with Gasteiger partial charge in [0.1, 0.15) is 18.4 Å². The molecule has 1 atom stereocenters. The molecule has 2 aromatic carbocycles. The van der Waals surface area contributed by atoms with Gasteiger partial charge in [0, 0.05) is 27.2 Å². The van der Waals surface area contributed by atoms with E-state index < -0.39 is 34.5 Å². The first-order chi connectivity index (χ1) is 16.5. The Labute approximate surface area is 207 Å². The number of carbonyl (C=O) groups excluding carboxylic acids is 2. The van der Waals surface area contributed by atoms with Crippen molar-refractivity contribution in [3.8, 4) is 0 Å². The topological polar surface area (TPSA) is 90.0 Å². The molecule has 0 aliphatic carbocycles. The predicted molar refractivity (Wildman–Crippen MR) is 135 cm³/mol. The number of halogens is 1. The quantitative estimate of drug-likeness (QED) is 0.479. The Kier molecular flexibility index (Phi) is 10.2. The van der Waals surface area contributed by atoms with Gasteiger partial charge in [-0.15, -0.1) is 0 Å². The molecule has 0 radical (unpaired) electrons. The third kappa shape index (κ3) is 7.76. The average Bonchev–Trinajstić information content (AvgIpc) is 2.82. The van der Waals surface area contributed by atoms with Crippen molar-refractivity contribution < 1.29 is 22.4 Å². The number of amides is 2. The second-order valence-electron chi connectivity index (χ2n) is 8.84. The van der Waals surface area contributed by atoms with Gasteiger partial charge in [-0.1, -0.05) is 51.1 Å². The van der Waals surface area contributed by atoms with E-state index in [4.69, 9.17) is 0 Å². The number of carbonyl (C=O) groups is 2. The van der Waals surface area contributed by atoms with Crippen LogP contribution in [-0.2, 0) is 26.3 Å². The Balaban J connectivity index is 2.45. The highest BCUT2D eigenvalue weighted by atomic mass is 32.2. The van der Waals surface area contributed by atoms with E-state index in [0.717, 1.165) is 26.3 Å². The summed E-state index contributed by atoms with van der Waals surface area (Å²) in [6.07, 6.45) is 0.347. The van der Waals surface area contributed by atoms with Crippen LogP contribution in [0.4, 0.5) is 10.1 Å². The van der Waals surface area contributed by atoms with Gasteiger partial charge in [0.2, 0.25) is 11.8 Å². The van der Waals surface area contributed by atoms with Crippen molar-refractivity contribution in [1.29, 1.82) is 0 Å². The maximum Gasteiger partial charge on any atom is 0.304 e. The lowest BCUT2D eigenvalue weighted by atomic mass is 10.1. The van der Waals surface area contributed by atoms with Crippen LogP contribution in [0, 0.1) is 11.7 Å². The molecule has 0 saturated heterocycles. The molecule has 2 rings (SSSR count). The Bertz CT molecular complexity index is 1080. The number of nitrogens with one attached hydrogen (secondary N) is 1. The van der Waals surface area contributed by atoms with E-state index in [2.05, 4.69) is 5.32 Å². The van der Waals surface area contributed by atoms with E-state index in [-0.39, 0.29) is 24.1 Å². The molecule has 0 aliphatic rings. The van der Waals surface area contributed by atoms with Gasteiger partial charge in [-0.3, -0.25) is 9.59 Å². The van der Waals surface area contributed by atoms with Crippen LogP contribution in [-0.4, -0.2) is 62.7 Å². The molecule has 1 N–H and O–H groups in total. The minimum Gasteiger partial charge on any atom is -0.354 e. The minimum absolute atomic E-state index is 0.131. The number of benzene rings is 2. The lowest BCUT2D eigenvalue weighted by Crippen LogP contribution is -2.53. The fraction of sp³-hybridized carbons (Fsp3) is 0.440. The molecule has 0 saturated carbocycles.